The number of ether oxygens (including phenoxy) is 1. The summed E-state index contributed by atoms with van der Waals surface area (Å²) in [6, 6.07) is 12.3. The lowest BCUT2D eigenvalue weighted by molar-refractivity contribution is 0.368. The molecule has 21 heavy (non-hydrogen) atoms. The van der Waals surface area contributed by atoms with Crippen LogP contribution in [0.25, 0.3) is 32.6 Å². The number of nitrogens with one attached hydrogen (secondary N) is 1. The third-order valence-electron chi connectivity index (χ3n) is 3.72. The van der Waals surface area contributed by atoms with E-state index in [1.165, 1.54) is 10.8 Å². The molecule has 0 aliphatic rings. The van der Waals surface area contributed by atoms with E-state index in [0.29, 0.717) is 6.61 Å². The number of rotatable bonds is 3. The van der Waals surface area contributed by atoms with Crippen LogP contribution < -0.4 is 4.74 Å². The van der Waals surface area contributed by atoms with Crippen molar-refractivity contribution in [2.75, 3.05) is 6.61 Å². The Bertz CT molecular complexity index is 969. The number of hydrogen-bond donors (Lipinski definition) is 1. The second-order valence-electron chi connectivity index (χ2n) is 4.99. The van der Waals surface area contributed by atoms with Crippen molar-refractivity contribution in [3.8, 4) is 5.75 Å². The summed E-state index contributed by atoms with van der Waals surface area (Å²) in [5, 5.41) is 4.61. The maximum atomic E-state index is 5.82. The highest BCUT2D eigenvalue weighted by Gasteiger charge is 2.12. The lowest BCUT2D eigenvalue weighted by atomic mass is 10.0. The van der Waals surface area contributed by atoms with Gasteiger partial charge in [-0.15, -0.1) is 0 Å². The van der Waals surface area contributed by atoms with Gasteiger partial charge in [-0.3, -0.25) is 4.98 Å². The summed E-state index contributed by atoms with van der Waals surface area (Å²) >= 11 is 0. The Morgan fingerprint density at radius 3 is 2.81 bits per heavy atom. The minimum atomic E-state index is 0.497. The van der Waals surface area contributed by atoms with Crippen LogP contribution in [0.1, 0.15) is 0 Å². The van der Waals surface area contributed by atoms with Crippen molar-refractivity contribution in [1.82, 2.24) is 9.97 Å². The van der Waals surface area contributed by atoms with Gasteiger partial charge in [0, 0.05) is 40.1 Å². The van der Waals surface area contributed by atoms with Gasteiger partial charge in [-0.25, -0.2) is 0 Å². The number of pyridine rings is 1. The van der Waals surface area contributed by atoms with Crippen molar-refractivity contribution in [2.45, 2.75) is 0 Å². The van der Waals surface area contributed by atoms with E-state index in [2.05, 4.69) is 34.7 Å². The smallest absolute Gasteiger partial charge is 0.129 e. The van der Waals surface area contributed by atoms with Crippen LogP contribution in [-0.4, -0.2) is 16.6 Å². The van der Waals surface area contributed by atoms with Crippen molar-refractivity contribution < 1.29 is 4.74 Å². The topological polar surface area (TPSA) is 37.9 Å². The predicted molar refractivity (Wildman–Crippen MR) is 86.8 cm³/mol. The van der Waals surface area contributed by atoms with E-state index in [4.69, 9.17) is 4.74 Å². The molecule has 2 aromatic carbocycles. The summed E-state index contributed by atoms with van der Waals surface area (Å²) < 4.78 is 5.82. The van der Waals surface area contributed by atoms with Gasteiger partial charge in [-0.2, -0.15) is 0 Å². The van der Waals surface area contributed by atoms with Crippen LogP contribution in [0.4, 0.5) is 0 Å². The quantitative estimate of drug-likeness (QED) is 0.561. The van der Waals surface area contributed by atoms with Gasteiger partial charge in [0.05, 0.1) is 5.52 Å². The molecule has 0 saturated heterocycles. The standard InChI is InChI=1S/C18H14N2O/c1-2-9-21-17-10-16-18(13-6-4-3-5-12(13)17)14-11-19-8-7-15(14)20-16/h2-8,10-11,20H,1,9H2. The molecular formula is C18H14N2O. The molecule has 0 bridgehead atoms. The number of aromatic amines is 1. The van der Waals surface area contributed by atoms with E-state index in [0.717, 1.165) is 27.6 Å². The first-order valence-electron chi connectivity index (χ1n) is 6.89. The van der Waals surface area contributed by atoms with Crippen LogP contribution in [0.3, 0.4) is 0 Å². The summed E-state index contributed by atoms with van der Waals surface area (Å²) in [6.45, 7) is 4.21. The van der Waals surface area contributed by atoms with Crippen molar-refractivity contribution in [3.05, 3.63) is 61.4 Å². The number of H-pyrrole nitrogens is 1. The highest BCUT2D eigenvalue weighted by molar-refractivity contribution is 6.21. The van der Waals surface area contributed by atoms with E-state index >= 15 is 0 Å². The first-order valence-corrected chi connectivity index (χ1v) is 6.89. The highest BCUT2D eigenvalue weighted by Crippen LogP contribution is 2.37. The summed E-state index contributed by atoms with van der Waals surface area (Å²) in [6.07, 6.45) is 5.47. The number of nitrogens with zero attached hydrogens (tertiary/aromatic N) is 1. The van der Waals surface area contributed by atoms with Gasteiger partial charge in [0.1, 0.15) is 12.4 Å². The van der Waals surface area contributed by atoms with Crippen LogP contribution in [0.15, 0.2) is 61.4 Å². The number of benzene rings is 2. The number of fused-ring (bicyclic) bond motifs is 5. The molecule has 4 aromatic rings. The number of hydrogen-bond acceptors (Lipinski definition) is 2. The molecule has 3 heteroatoms. The second kappa shape index (κ2) is 4.63. The van der Waals surface area contributed by atoms with E-state index in [1.54, 1.807) is 12.3 Å². The zero-order chi connectivity index (χ0) is 14.2. The van der Waals surface area contributed by atoms with Crippen LogP contribution in [0.5, 0.6) is 5.75 Å². The van der Waals surface area contributed by atoms with Crippen LogP contribution >= 0.6 is 0 Å². The van der Waals surface area contributed by atoms with Crippen LogP contribution in [0, 0.1) is 0 Å². The fourth-order valence-corrected chi connectivity index (χ4v) is 2.85. The van der Waals surface area contributed by atoms with Gasteiger partial charge in [0.25, 0.3) is 0 Å². The largest absolute Gasteiger partial charge is 0.489 e. The molecule has 0 radical (unpaired) electrons. The summed E-state index contributed by atoms with van der Waals surface area (Å²) in [7, 11) is 0. The molecule has 0 amide bonds. The summed E-state index contributed by atoms with van der Waals surface area (Å²) in [5.74, 6) is 0.873. The SMILES string of the molecule is C=CCOc1cc2[nH]c3ccncc3c2c2ccccc12. The highest BCUT2D eigenvalue weighted by atomic mass is 16.5. The molecule has 1 N–H and O–H groups in total. The molecule has 3 nitrogen and oxygen atoms in total. The Morgan fingerprint density at radius 1 is 1.10 bits per heavy atom. The van der Waals surface area contributed by atoms with E-state index < -0.39 is 0 Å². The van der Waals surface area contributed by atoms with Gasteiger partial charge in [0.2, 0.25) is 0 Å². The Morgan fingerprint density at radius 2 is 1.95 bits per heavy atom. The van der Waals surface area contributed by atoms with E-state index in [9.17, 15) is 0 Å². The molecule has 0 aliphatic carbocycles. The maximum absolute atomic E-state index is 5.82. The van der Waals surface area contributed by atoms with Gasteiger partial charge < -0.3 is 9.72 Å². The van der Waals surface area contributed by atoms with E-state index in [1.807, 2.05) is 24.4 Å². The fourth-order valence-electron chi connectivity index (χ4n) is 2.85. The minimum absolute atomic E-state index is 0.497. The Hall–Kier alpha value is -2.81. The predicted octanol–water partition coefficient (Wildman–Crippen LogP) is 4.43. The lowest BCUT2D eigenvalue weighted by Crippen LogP contribution is -1.93. The Labute approximate surface area is 121 Å². The molecule has 0 saturated carbocycles. The summed E-state index contributed by atoms with van der Waals surface area (Å²) in [5.41, 5.74) is 2.15. The van der Waals surface area contributed by atoms with Gasteiger partial charge in [0.15, 0.2) is 0 Å². The molecule has 2 aromatic heterocycles. The normalized spacial score (nSPS) is 11.2. The average molecular weight is 274 g/mol. The van der Waals surface area contributed by atoms with Crippen molar-refractivity contribution in [1.29, 1.82) is 0 Å². The van der Waals surface area contributed by atoms with Crippen LogP contribution in [0.2, 0.25) is 0 Å². The second-order valence-corrected chi connectivity index (χ2v) is 4.99. The molecular weight excluding hydrogens is 260 g/mol. The number of aromatic nitrogens is 2. The lowest BCUT2D eigenvalue weighted by Gasteiger charge is -2.09. The molecule has 4 rings (SSSR count). The van der Waals surface area contributed by atoms with Crippen LogP contribution in [-0.2, 0) is 0 Å². The minimum Gasteiger partial charge on any atom is -0.489 e. The molecule has 0 aliphatic heterocycles. The molecule has 102 valence electrons. The zero-order valence-electron chi connectivity index (χ0n) is 11.5. The van der Waals surface area contributed by atoms with Gasteiger partial charge >= 0.3 is 0 Å². The summed E-state index contributed by atoms with van der Waals surface area (Å²) in [4.78, 5) is 7.69. The average Bonchev–Trinajstić information content (AvgIpc) is 2.91. The third kappa shape index (κ3) is 1.78. The Balaban J connectivity index is 2.16. The first kappa shape index (κ1) is 12.0. The monoisotopic (exact) mass is 274 g/mol. The van der Waals surface area contributed by atoms with Gasteiger partial charge in [-0.05, 0) is 11.5 Å². The van der Waals surface area contributed by atoms with E-state index in [-0.39, 0.29) is 0 Å². The zero-order valence-corrected chi connectivity index (χ0v) is 11.5. The molecule has 0 fully saturated rings. The first-order chi connectivity index (χ1) is 10.4. The molecule has 0 unspecified atom stereocenters. The van der Waals surface area contributed by atoms with Gasteiger partial charge in [-0.1, -0.05) is 36.9 Å². The maximum Gasteiger partial charge on any atom is 0.129 e. The van der Waals surface area contributed by atoms with Crippen molar-refractivity contribution >= 4 is 32.6 Å². The molecule has 0 spiro atoms. The molecule has 2 heterocycles. The Kier molecular flexibility index (Phi) is 2.64. The fraction of sp³-hybridized carbons (Fsp3) is 0.0556. The van der Waals surface area contributed by atoms with Crippen molar-refractivity contribution in [2.24, 2.45) is 0 Å². The molecule has 0 atom stereocenters. The third-order valence-corrected chi connectivity index (χ3v) is 3.72. The van der Waals surface area contributed by atoms with Crippen molar-refractivity contribution in [3.63, 3.8) is 0 Å².